The zero-order valence-electron chi connectivity index (χ0n) is 13.9. The third kappa shape index (κ3) is 5.13. The molecule has 1 fully saturated rings. The lowest BCUT2D eigenvalue weighted by Crippen LogP contribution is -2.36. The molecule has 1 aliphatic rings. The van der Waals surface area contributed by atoms with Gasteiger partial charge in [0.1, 0.15) is 0 Å². The first-order chi connectivity index (χ1) is 11.0. The van der Waals surface area contributed by atoms with Gasteiger partial charge in [0, 0.05) is 24.8 Å². The molecule has 1 aromatic rings. The predicted octanol–water partition coefficient (Wildman–Crippen LogP) is 2.42. The van der Waals surface area contributed by atoms with Gasteiger partial charge in [-0.05, 0) is 38.8 Å². The molecule has 1 aromatic carbocycles. The minimum Gasteiger partial charge on any atom is -0.376 e. The average Bonchev–Trinajstić information content (AvgIpc) is 3.34. The van der Waals surface area contributed by atoms with Crippen LogP contribution in [0.2, 0.25) is 0 Å². The van der Waals surface area contributed by atoms with E-state index < -0.39 is 0 Å². The maximum absolute atomic E-state index is 12.3. The van der Waals surface area contributed by atoms with Crippen molar-refractivity contribution in [2.75, 3.05) is 25.0 Å². The zero-order chi connectivity index (χ0) is 16.8. The summed E-state index contributed by atoms with van der Waals surface area (Å²) in [5, 5.41) is 6.07. The second-order valence-corrected chi connectivity index (χ2v) is 6.01. The van der Waals surface area contributed by atoms with E-state index in [1.165, 1.54) is 0 Å². The Labute approximate surface area is 137 Å². The number of rotatable bonds is 8. The summed E-state index contributed by atoms with van der Waals surface area (Å²) in [7, 11) is 0. The Morgan fingerprint density at radius 2 is 2.00 bits per heavy atom. The second-order valence-electron chi connectivity index (χ2n) is 6.01. The summed E-state index contributed by atoms with van der Waals surface area (Å²) in [6, 6.07) is 7.59. The predicted molar refractivity (Wildman–Crippen MR) is 92.5 cm³/mol. The van der Waals surface area contributed by atoms with Crippen molar-refractivity contribution in [3.63, 3.8) is 0 Å². The molecule has 0 radical (unpaired) electrons. The van der Waals surface area contributed by atoms with Crippen molar-refractivity contribution in [3.05, 3.63) is 42.0 Å². The number of para-hydroxylation sites is 1. The van der Waals surface area contributed by atoms with Gasteiger partial charge in [-0.25, -0.2) is 0 Å². The van der Waals surface area contributed by atoms with Crippen molar-refractivity contribution in [2.24, 2.45) is 0 Å². The van der Waals surface area contributed by atoms with Gasteiger partial charge < -0.3 is 15.5 Å². The van der Waals surface area contributed by atoms with Crippen LogP contribution in [0, 0.1) is 0 Å². The lowest BCUT2D eigenvalue weighted by atomic mass is 10.1. The Morgan fingerprint density at radius 1 is 1.30 bits per heavy atom. The van der Waals surface area contributed by atoms with Crippen LogP contribution in [-0.2, 0) is 4.79 Å². The van der Waals surface area contributed by atoms with E-state index in [-0.39, 0.29) is 18.4 Å². The molecule has 0 atom stereocenters. The SMILES string of the molecule is C=C(C)CN(CC)C(=O)CNc1ccccc1C(=O)NC1CC1. The second kappa shape index (κ2) is 7.81. The normalized spacial score (nSPS) is 13.3. The fourth-order valence-corrected chi connectivity index (χ4v) is 2.31. The first-order valence-corrected chi connectivity index (χ1v) is 8.07. The maximum atomic E-state index is 12.3. The summed E-state index contributed by atoms with van der Waals surface area (Å²) < 4.78 is 0. The molecule has 1 saturated carbocycles. The maximum Gasteiger partial charge on any atom is 0.253 e. The molecular weight excluding hydrogens is 290 g/mol. The Hall–Kier alpha value is -2.30. The fourth-order valence-electron chi connectivity index (χ4n) is 2.31. The highest BCUT2D eigenvalue weighted by Gasteiger charge is 2.24. The molecular formula is C18H25N3O2. The van der Waals surface area contributed by atoms with Gasteiger partial charge in [0.15, 0.2) is 0 Å². The molecule has 2 rings (SSSR count). The van der Waals surface area contributed by atoms with E-state index in [1.54, 1.807) is 11.0 Å². The minimum atomic E-state index is -0.0858. The molecule has 5 nitrogen and oxygen atoms in total. The largest absolute Gasteiger partial charge is 0.376 e. The van der Waals surface area contributed by atoms with Gasteiger partial charge in [-0.2, -0.15) is 0 Å². The van der Waals surface area contributed by atoms with Gasteiger partial charge >= 0.3 is 0 Å². The van der Waals surface area contributed by atoms with Crippen LogP contribution in [0.4, 0.5) is 5.69 Å². The Bertz CT molecular complexity index is 594. The van der Waals surface area contributed by atoms with Crippen LogP contribution in [0.3, 0.4) is 0 Å². The van der Waals surface area contributed by atoms with E-state index in [4.69, 9.17) is 0 Å². The van der Waals surface area contributed by atoms with Crippen LogP contribution in [0.15, 0.2) is 36.4 Å². The molecule has 1 aliphatic carbocycles. The monoisotopic (exact) mass is 315 g/mol. The Balaban J connectivity index is 1.98. The molecule has 5 heteroatoms. The van der Waals surface area contributed by atoms with Crippen molar-refractivity contribution in [2.45, 2.75) is 32.7 Å². The summed E-state index contributed by atoms with van der Waals surface area (Å²) in [6.45, 7) is 9.05. The van der Waals surface area contributed by atoms with E-state index in [2.05, 4.69) is 17.2 Å². The zero-order valence-corrected chi connectivity index (χ0v) is 13.9. The molecule has 23 heavy (non-hydrogen) atoms. The van der Waals surface area contributed by atoms with Crippen LogP contribution in [0.5, 0.6) is 0 Å². The lowest BCUT2D eigenvalue weighted by Gasteiger charge is -2.21. The van der Waals surface area contributed by atoms with Crippen molar-refractivity contribution in [3.8, 4) is 0 Å². The Morgan fingerprint density at radius 3 is 2.61 bits per heavy atom. The third-order valence-electron chi connectivity index (χ3n) is 3.71. The summed E-state index contributed by atoms with van der Waals surface area (Å²) in [6.07, 6.45) is 2.10. The van der Waals surface area contributed by atoms with E-state index in [1.807, 2.05) is 32.0 Å². The highest BCUT2D eigenvalue weighted by molar-refractivity contribution is 6.00. The first-order valence-electron chi connectivity index (χ1n) is 8.07. The van der Waals surface area contributed by atoms with Crippen LogP contribution >= 0.6 is 0 Å². The number of nitrogens with zero attached hydrogens (tertiary/aromatic N) is 1. The van der Waals surface area contributed by atoms with Crippen LogP contribution in [0.25, 0.3) is 0 Å². The highest BCUT2D eigenvalue weighted by Crippen LogP contribution is 2.21. The van der Waals surface area contributed by atoms with Gasteiger partial charge in [-0.1, -0.05) is 24.3 Å². The fraction of sp³-hybridized carbons (Fsp3) is 0.444. The molecule has 0 heterocycles. The lowest BCUT2D eigenvalue weighted by molar-refractivity contribution is -0.128. The van der Waals surface area contributed by atoms with E-state index >= 15 is 0 Å². The van der Waals surface area contributed by atoms with Crippen molar-refractivity contribution >= 4 is 17.5 Å². The van der Waals surface area contributed by atoms with Crippen molar-refractivity contribution in [1.29, 1.82) is 0 Å². The summed E-state index contributed by atoms with van der Waals surface area (Å²) in [5.41, 5.74) is 2.21. The van der Waals surface area contributed by atoms with Gasteiger partial charge in [-0.3, -0.25) is 9.59 Å². The molecule has 124 valence electrons. The summed E-state index contributed by atoms with van der Waals surface area (Å²) in [4.78, 5) is 26.3. The molecule has 2 N–H and O–H groups in total. The van der Waals surface area contributed by atoms with E-state index in [9.17, 15) is 9.59 Å². The third-order valence-corrected chi connectivity index (χ3v) is 3.71. The van der Waals surface area contributed by atoms with Crippen LogP contribution < -0.4 is 10.6 Å². The number of carbonyl (C=O) groups excluding carboxylic acids is 2. The number of hydrogen-bond acceptors (Lipinski definition) is 3. The average molecular weight is 315 g/mol. The summed E-state index contributed by atoms with van der Waals surface area (Å²) >= 11 is 0. The van der Waals surface area contributed by atoms with Gasteiger partial charge in [0.25, 0.3) is 5.91 Å². The number of nitrogens with one attached hydrogen (secondary N) is 2. The molecule has 0 bridgehead atoms. The molecule has 0 unspecified atom stereocenters. The van der Waals surface area contributed by atoms with Crippen molar-refractivity contribution in [1.82, 2.24) is 10.2 Å². The number of benzene rings is 1. The number of likely N-dealkylation sites (N-methyl/N-ethyl adjacent to an activating group) is 1. The number of amides is 2. The van der Waals surface area contributed by atoms with Gasteiger partial charge in [0.2, 0.25) is 5.91 Å². The highest BCUT2D eigenvalue weighted by atomic mass is 16.2. The molecule has 0 aromatic heterocycles. The van der Waals surface area contributed by atoms with E-state index in [0.29, 0.717) is 30.4 Å². The molecule has 0 aliphatic heterocycles. The number of hydrogen-bond donors (Lipinski definition) is 2. The molecule has 2 amide bonds. The van der Waals surface area contributed by atoms with Crippen LogP contribution in [-0.4, -0.2) is 42.4 Å². The Kier molecular flexibility index (Phi) is 5.79. The number of anilines is 1. The summed E-state index contributed by atoms with van der Waals surface area (Å²) in [5.74, 6) is -0.0924. The standard InChI is InChI=1S/C18H25N3O2/c1-4-21(12-13(2)3)17(22)11-19-16-8-6-5-7-15(16)18(23)20-14-9-10-14/h5-8,14,19H,2,4,9-12H2,1,3H3,(H,20,23). The molecule has 0 saturated heterocycles. The molecule has 0 spiro atoms. The quantitative estimate of drug-likeness (QED) is 0.724. The smallest absolute Gasteiger partial charge is 0.253 e. The first kappa shape index (κ1) is 17.1. The van der Waals surface area contributed by atoms with Crippen molar-refractivity contribution < 1.29 is 9.59 Å². The van der Waals surface area contributed by atoms with Gasteiger partial charge in [0.05, 0.1) is 12.1 Å². The topological polar surface area (TPSA) is 61.4 Å². The van der Waals surface area contributed by atoms with E-state index in [0.717, 1.165) is 18.4 Å². The minimum absolute atomic E-state index is 0.00657. The van der Waals surface area contributed by atoms with Crippen LogP contribution in [0.1, 0.15) is 37.0 Å². The number of carbonyl (C=O) groups is 2. The van der Waals surface area contributed by atoms with Gasteiger partial charge in [-0.15, -0.1) is 0 Å².